The Morgan fingerprint density at radius 1 is 1.24 bits per heavy atom. The average Bonchev–Trinajstić information content (AvgIpc) is 2.61. The smallest absolute Gasteiger partial charge is 0.249 e. The number of para-hydroxylation sites is 1. The lowest BCUT2D eigenvalue weighted by Crippen LogP contribution is -2.17. The first-order valence-corrected chi connectivity index (χ1v) is 6.59. The first kappa shape index (κ1) is 12.9. The molecule has 0 unspecified atom stereocenters. The fourth-order valence-corrected chi connectivity index (χ4v) is 2.69. The summed E-state index contributed by atoms with van der Waals surface area (Å²) in [6.45, 7) is 0. The summed E-state index contributed by atoms with van der Waals surface area (Å²) in [5.74, 6) is 0.363. The lowest BCUT2D eigenvalue weighted by molar-refractivity contribution is 0.782. The number of rotatable bonds is 1. The van der Waals surface area contributed by atoms with Gasteiger partial charge in [-0.1, -0.05) is 53.0 Å². The Labute approximate surface area is 117 Å². The van der Waals surface area contributed by atoms with E-state index in [0.717, 1.165) is 5.69 Å². The van der Waals surface area contributed by atoms with Crippen LogP contribution in [0.25, 0.3) is 0 Å². The largest absolute Gasteiger partial charge is 0.303 e. The molecule has 0 atom stereocenters. The average molecular weight is 309 g/mol. The van der Waals surface area contributed by atoms with E-state index in [0.29, 0.717) is 10.6 Å². The molecule has 0 radical (unpaired) electrons. The van der Waals surface area contributed by atoms with Crippen molar-refractivity contribution in [3.8, 4) is 0 Å². The third-order valence-corrected chi connectivity index (χ3v) is 3.35. The van der Waals surface area contributed by atoms with Gasteiger partial charge < -0.3 is 4.57 Å². The molecule has 90 valence electrons. The molecule has 2 aromatic rings. The van der Waals surface area contributed by atoms with Crippen LogP contribution in [-0.2, 0) is 10.8 Å². The van der Waals surface area contributed by atoms with E-state index >= 15 is 0 Å². The minimum atomic E-state index is -1.53. The van der Waals surface area contributed by atoms with Crippen molar-refractivity contribution in [1.29, 1.82) is 0 Å². The van der Waals surface area contributed by atoms with E-state index < -0.39 is 3.79 Å². The Morgan fingerprint density at radius 3 is 2.41 bits per heavy atom. The van der Waals surface area contributed by atoms with Crippen molar-refractivity contribution < 1.29 is 0 Å². The molecule has 17 heavy (non-hydrogen) atoms. The highest BCUT2D eigenvalue weighted by Gasteiger charge is 2.28. The maximum Gasteiger partial charge on any atom is 0.249 e. The van der Waals surface area contributed by atoms with E-state index in [1.54, 1.807) is 11.6 Å². The Kier molecular flexibility index (Phi) is 3.78. The highest BCUT2D eigenvalue weighted by molar-refractivity contribution is 7.02. The molecule has 0 N–H and O–H groups in total. The monoisotopic (exact) mass is 307 g/mol. The van der Waals surface area contributed by atoms with Crippen molar-refractivity contribution >= 4 is 52.0 Å². The zero-order valence-electron chi connectivity index (χ0n) is 8.77. The normalized spacial score (nSPS) is 13.1. The van der Waals surface area contributed by atoms with Gasteiger partial charge in [-0.05, 0) is 12.1 Å². The molecular formula is C10H8Cl3N3S. The molecule has 0 spiro atoms. The van der Waals surface area contributed by atoms with Gasteiger partial charge in [0.05, 0.1) is 5.69 Å². The van der Waals surface area contributed by atoms with E-state index in [2.05, 4.69) is 9.37 Å². The Balaban J connectivity index is 2.49. The second-order valence-electron chi connectivity index (χ2n) is 3.29. The van der Waals surface area contributed by atoms with Crippen LogP contribution in [0.5, 0.6) is 0 Å². The van der Waals surface area contributed by atoms with Gasteiger partial charge in [0, 0.05) is 18.6 Å². The van der Waals surface area contributed by atoms with E-state index in [1.165, 1.54) is 11.5 Å². The lowest BCUT2D eigenvalue weighted by Gasteiger charge is -2.08. The summed E-state index contributed by atoms with van der Waals surface area (Å²) in [7, 11) is 1.77. The maximum atomic E-state index is 5.79. The first-order chi connectivity index (χ1) is 7.98. The third kappa shape index (κ3) is 3.01. The Hall–Kier alpha value is -0.550. The van der Waals surface area contributed by atoms with Crippen molar-refractivity contribution in [2.45, 2.75) is 3.79 Å². The molecule has 0 amide bonds. The van der Waals surface area contributed by atoms with Crippen LogP contribution in [0.4, 0.5) is 5.69 Å². The van der Waals surface area contributed by atoms with Crippen LogP contribution in [0.2, 0.25) is 0 Å². The second-order valence-corrected chi connectivity index (χ2v) is 6.30. The van der Waals surface area contributed by atoms with Gasteiger partial charge in [0.2, 0.25) is 8.59 Å². The molecule has 1 heterocycles. The van der Waals surface area contributed by atoms with E-state index in [4.69, 9.17) is 34.8 Å². The van der Waals surface area contributed by atoms with Gasteiger partial charge in [-0.2, -0.15) is 4.37 Å². The van der Waals surface area contributed by atoms with E-state index in [-0.39, 0.29) is 0 Å². The van der Waals surface area contributed by atoms with Crippen molar-refractivity contribution in [3.05, 3.63) is 41.0 Å². The number of alkyl halides is 3. The minimum Gasteiger partial charge on any atom is -0.303 e. The summed E-state index contributed by atoms with van der Waals surface area (Å²) >= 11 is 18.6. The molecular weight excluding hydrogens is 301 g/mol. The molecule has 0 saturated carbocycles. The van der Waals surface area contributed by atoms with Gasteiger partial charge in [0.1, 0.15) is 0 Å². The minimum absolute atomic E-state index is 0.363. The first-order valence-electron chi connectivity index (χ1n) is 4.68. The van der Waals surface area contributed by atoms with Crippen LogP contribution < -0.4 is 4.80 Å². The van der Waals surface area contributed by atoms with Gasteiger partial charge in [-0.3, -0.25) is 0 Å². The topological polar surface area (TPSA) is 30.2 Å². The summed E-state index contributed by atoms with van der Waals surface area (Å²) < 4.78 is 4.24. The highest BCUT2D eigenvalue weighted by Crippen LogP contribution is 2.36. The van der Waals surface area contributed by atoms with Crippen LogP contribution in [0.15, 0.2) is 35.3 Å². The molecule has 0 aliphatic heterocycles. The number of aromatic nitrogens is 2. The SMILES string of the molecule is Cn1c(C(Cl)(Cl)Cl)nsc1=Nc1ccccc1. The number of nitrogens with zero attached hydrogens (tertiary/aromatic N) is 3. The van der Waals surface area contributed by atoms with Crippen molar-refractivity contribution in [1.82, 2.24) is 8.94 Å². The fraction of sp³-hybridized carbons (Fsp3) is 0.200. The van der Waals surface area contributed by atoms with Gasteiger partial charge in [-0.15, -0.1) is 0 Å². The van der Waals surface area contributed by atoms with E-state index in [1.807, 2.05) is 30.3 Å². The molecule has 0 saturated heterocycles. The quantitative estimate of drug-likeness (QED) is 0.741. The van der Waals surface area contributed by atoms with Crippen LogP contribution in [0, 0.1) is 0 Å². The van der Waals surface area contributed by atoms with Crippen LogP contribution in [0.3, 0.4) is 0 Å². The molecule has 2 rings (SSSR count). The molecule has 0 aliphatic carbocycles. The Morgan fingerprint density at radius 2 is 1.88 bits per heavy atom. The van der Waals surface area contributed by atoms with Crippen molar-refractivity contribution in [2.24, 2.45) is 12.0 Å². The van der Waals surface area contributed by atoms with Gasteiger partial charge >= 0.3 is 0 Å². The second kappa shape index (κ2) is 4.98. The molecule has 0 fully saturated rings. The van der Waals surface area contributed by atoms with E-state index in [9.17, 15) is 0 Å². The number of halogens is 3. The van der Waals surface area contributed by atoms with Crippen LogP contribution in [0.1, 0.15) is 5.82 Å². The summed E-state index contributed by atoms with van der Waals surface area (Å²) in [5, 5.41) is 0. The number of hydrogen-bond acceptors (Lipinski definition) is 3. The lowest BCUT2D eigenvalue weighted by atomic mass is 10.3. The van der Waals surface area contributed by atoms with Gasteiger partial charge in [0.25, 0.3) is 0 Å². The third-order valence-electron chi connectivity index (χ3n) is 2.05. The zero-order valence-corrected chi connectivity index (χ0v) is 11.9. The summed E-state index contributed by atoms with van der Waals surface area (Å²) in [6, 6.07) is 9.55. The van der Waals surface area contributed by atoms with Crippen molar-refractivity contribution in [2.75, 3.05) is 0 Å². The zero-order chi connectivity index (χ0) is 12.5. The maximum absolute atomic E-state index is 5.79. The summed E-state index contributed by atoms with van der Waals surface area (Å²) in [6.07, 6.45) is 0. The van der Waals surface area contributed by atoms with Crippen LogP contribution in [-0.4, -0.2) is 8.94 Å². The molecule has 0 bridgehead atoms. The molecule has 1 aromatic carbocycles. The fourth-order valence-electron chi connectivity index (χ4n) is 1.25. The molecule has 3 nitrogen and oxygen atoms in total. The predicted octanol–water partition coefficient (Wildman–Crippen LogP) is 3.54. The molecule has 0 aliphatic rings. The number of benzene rings is 1. The van der Waals surface area contributed by atoms with Gasteiger partial charge in [-0.25, -0.2) is 4.99 Å². The highest BCUT2D eigenvalue weighted by atomic mass is 35.6. The van der Waals surface area contributed by atoms with Gasteiger partial charge in [0.15, 0.2) is 5.82 Å². The standard InChI is InChI=1S/C10H8Cl3N3S/c1-16-8(10(11,12)13)15-17-9(16)14-7-5-3-2-4-6-7/h2-6H,1H3. The molecule has 1 aromatic heterocycles. The van der Waals surface area contributed by atoms with Crippen molar-refractivity contribution in [3.63, 3.8) is 0 Å². The molecule has 7 heteroatoms. The summed E-state index contributed by atoms with van der Waals surface area (Å²) in [5.41, 5.74) is 0.836. The number of hydrogen-bond donors (Lipinski definition) is 0. The van der Waals surface area contributed by atoms with Crippen LogP contribution >= 0.6 is 46.3 Å². The summed E-state index contributed by atoms with van der Waals surface area (Å²) in [4.78, 5) is 5.10. The Bertz CT molecular complexity index is 568. The predicted molar refractivity (Wildman–Crippen MR) is 72.0 cm³/mol.